The van der Waals surface area contributed by atoms with Crippen molar-refractivity contribution in [1.29, 1.82) is 0 Å². The van der Waals surface area contributed by atoms with E-state index in [1.165, 1.54) is 57.2 Å². The number of nitrogens with zero attached hydrogens (tertiary/aromatic N) is 1. The molecule has 0 bridgehead atoms. The minimum Gasteiger partial charge on any atom is -0.487 e. The average molecular weight is 374 g/mol. The summed E-state index contributed by atoms with van der Waals surface area (Å²) in [5, 5.41) is 0.499. The van der Waals surface area contributed by atoms with Crippen molar-refractivity contribution in [2.75, 3.05) is 19.6 Å². The number of likely N-dealkylation sites (tertiary alicyclic amines) is 1. The second kappa shape index (κ2) is 8.73. The molecule has 5 heteroatoms. The molecule has 1 aliphatic carbocycles. The van der Waals surface area contributed by atoms with Crippen molar-refractivity contribution in [3.05, 3.63) is 28.0 Å². The molecule has 0 aromatic heterocycles. The first kappa shape index (κ1) is 18.3. The molecule has 1 saturated heterocycles. The van der Waals surface area contributed by atoms with Crippen LogP contribution in [0.3, 0.4) is 0 Å². The Balaban J connectivity index is 1.43. The zero-order valence-electron chi connectivity index (χ0n) is 14.1. The molecule has 0 atom stereocenters. The van der Waals surface area contributed by atoms with Crippen LogP contribution in [0.1, 0.15) is 51.4 Å². The van der Waals surface area contributed by atoms with Crippen LogP contribution in [-0.2, 0) is 0 Å². The molecule has 1 saturated carbocycles. The number of halogens is 3. The minimum atomic E-state index is -0.435. The summed E-state index contributed by atoms with van der Waals surface area (Å²) < 4.78 is 19.2. The number of rotatable bonds is 5. The van der Waals surface area contributed by atoms with Gasteiger partial charge in [0.25, 0.3) is 0 Å². The van der Waals surface area contributed by atoms with E-state index in [4.69, 9.17) is 27.9 Å². The predicted molar refractivity (Wildman–Crippen MR) is 97.7 cm³/mol. The van der Waals surface area contributed by atoms with Gasteiger partial charge in [0.15, 0.2) is 5.75 Å². The molecule has 0 radical (unpaired) electrons. The Labute approximate surface area is 154 Å². The zero-order chi connectivity index (χ0) is 16.9. The molecule has 1 aromatic carbocycles. The van der Waals surface area contributed by atoms with E-state index < -0.39 is 5.82 Å². The number of benzene rings is 1. The van der Waals surface area contributed by atoms with Crippen LogP contribution >= 0.6 is 23.2 Å². The number of hydrogen-bond acceptors (Lipinski definition) is 2. The Morgan fingerprint density at radius 2 is 1.62 bits per heavy atom. The monoisotopic (exact) mass is 373 g/mol. The molecular weight excluding hydrogens is 348 g/mol. The van der Waals surface area contributed by atoms with E-state index in [-0.39, 0.29) is 16.1 Å². The number of piperidine rings is 1. The van der Waals surface area contributed by atoms with E-state index in [2.05, 4.69) is 4.90 Å². The van der Waals surface area contributed by atoms with Crippen LogP contribution in [0.5, 0.6) is 5.75 Å². The maximum Gasteiger partial charge on any atom is 0.157 e. The third kappa shape index (κ3) is 5.00. The summed E-state index contributed by atoms with van der Waals surface area (Å²) in [6.07, 6.45) is 10.5. The van der Waals surface area contributed by atoms with Gasteiger partial charge in [-0.05, 0) is 43.9 Å². The molecule has 1 aliphatic heterocycles. The van der Waals surface area contributed by atoms with E-state index in [1.54, 1.807) is 0 Å². The molecule has 24 heavy (non-hydrogen) atoms. The molecule has 134 valence electrons. The third-order valence-electron chi connectivity index (χ3n) is 5.36. The lowest BCUT2D eigenvalue weighted by molar-refractivity contribution is 0.0956. The lowest BCUT2D eigenvalue weighted by Gasteiger charge is -2.33. The lowest BCUT2D eigenvalue weighted by Crippen LogP contribution is -2.39. The Bertz CT molecular complexity index is 517. The summed E-state index contributed by atoms with van der Waals surface area (Å²) in [5.41, 5.74) is 0. The highest BCUT2D eigenvalue weighted by Gasteiger charge is 2.23. The second-order valence-corrected chi connectivity index (χ2v) is 7.96. The Hall–Kier alpha value is -0.510. The summed E-state index contributed by atoms with van der Waals surface area (Å²) in [7, 11) is 0. The van der Waals surface area contributed by atoms with Crippen LogP contribution in [0.25, 0.3) is 0 Å². The summed E-state index contributed by atoms with van der Waals surface area (Å²) >= 11 is 12.1. The van der Waals surface area contributed by atoms with Crippen LogP contribution in [-0.4, -0.2) is 30.6 Å². The molecular formula is C19H26Cl2FNO. The van der Waals surface area contributed by atoms with Crippen LogP contribution in [0.4, 0.5) is 4.39 Å². The average Bonchev–Trinajstić information content (AvgIpc) is 2.58. The molecule has 2 aliphatic rings. The molecule has 3 rings (SSSR count). The van der Waals surface area contributed by atoms with Crippen LogP contribution in [0.2, 0.25) is 10.0 Å². The normalized spacial score (nSPS) is 21.1. The van der Waals surface area contributed by atoms with E-state index in [0.29, 0.717) is 5.75 Å². The van der Waals surface area contributed by atoms with Gasteiger partial charge in [-0.3, -0.25) is 0 Å². The topological polar surface area (TPSA) is 12.5 Å². The van der Waals surface area contributed by atoms with Gasteiger partial charge in [-0.1, -0.05) is 55.3 Å². The Kier molecular flexibility index (Phi) is 6.65. The van der Waals surface area contributed by atoms with Gasteiger partial charge in [0.2, 0.25) is 0 Å². The van der Waals surface area contributed by atoms with Crippen molar-refractivity contribution in [2.45, 2.75) is 57.5 Å². The SMILES string of the molecule is Fc1cc(Cl)c(OC2CCN(CCC3CCCCC3)CC2)c(Cl)c1. The second-order valence-electron chi connectivity index (χ2n) is 7.15. The van der Waals surface area contributed by atoms with Gasteiger partial charge in [-0.2, -0.15) is 0 Å². The number of ether oxygens (including phenoxy) is 1. The smallest absolute Gasteiger partial charge is 0.157 e. The van der Waals surface area contributed by atoms with Crippen LogP contribution < -0.4 is 4.74 Å². The first-order chi connectivity index (χ1) is 11.6. The quantitative estimate of drug-likeness (QED) is 0.632. The van der Waals surface area contributed by atoms with Crippen LogP contribution in [0.15, 0.2) is 12.1 Å². The third-order valence-corrected chi connectivity index (χ3v) is 5.92. The van der Waals surface area contributed by atoms with Gasteiger partial charge < -0.3 is 9.64 Å². The van der Waals surface area contributed by atoms with Crippen LogP contribution in [0, 0.1) is 11.7 Å². The maximum absolute atomic E-state index is 13.2. The van der Waals surface area contributed by atoms with Crippen molar-refractivity contribution in [3.63, 3.8) is 0 Å². The fraction of sp³-hybridized carbons (Fsp3) is 0.684. The maximum atomic E-state index is 13.2. The van der Waals surface area contributed by atoms with Gasteiger partial charge in [0.05, 0.1) is 10.0 Å². The first-order valence-corrected chi connectivity index (χ1v) is 9.91. The van der Waals surface area contributed by atoms with E-state index >= 15 is 0 Å². The van der Waals surface area contributed by atoms with Gasteiger partial charge in [0.1, 0.15) is 11.9 Å². The first-order valence-electron chi connectivity index (χ1n) is 9.15. The molecule has 0 amide bonds. The fourth-order valence-corrected chi connectivity index (χ4v) is 4.45. The zero-order valence-corrected chi connectivity index (χ0v) is 15.6. The molecule has 2 fully saturated rings. The Morgan fingerprint density at radius 3 is 2.25 bits per heavy atom. The highest BCUT2D eigenvalue weighted by atomic mass is 35.5. The molecule has 0 unspecified atom stereocenters. The largest absolute Gasteiger partial charge is 0.487 e. The van der Waals surface area contributed by atoms with Gasteiger partial charge >= 0.3 is 0 Å². The summed E-state index contributed by atoms with van der Waals surface area (Å²) in [5.74, 6) is 0.917. The molecule has 0 spiro atoms. The van der Waals surface area contributed by atoms with Crippen molar-refractivity contribution < 1.29 is 9.13 Å². The summed E-state index contributed by atoms with van der Waals surface area (Å²) in [6, 6.07) is 2.50. The molecule has 1 aromatic rings. The molecule has 0 N–H and O–H groups in total. The van der Waals surface area contributed by atoms with Crippen molar-refractivity contribution >= 4 is 23.2 Å². The van der Waals surface area contributed by atoms with E-state index in [1.807, 2.05) is 0 Å². The molecule has 2 nitrogen and oxygen atoms in total. The molecule has 1 heterocycles. The van der Waals surface area contributed by atoms with Gasteiger partial charge in [-0.25, -0.2) is 4.39 Å². The Morgan fingerprint density at radius 1 is 1.00 bits per heavy atom. The standard InChI is InChI=1S/C19H26Cl2FNO/c20-17-12-15(22)13-18(21)19(17)24-16-7-10-23(11-8-16)9-6-14-4-2-1-3-5-14/h12-14,16H,1-11H2. The van der Waals surface area contributed by atoms with Crippen molar-refractivity contribution in [1.82, 2.24) is 4.90 Å². The predicted octanol–water partition coefficient (Wildman–Crippen LogP) is 5.95. The van der Waals surface area contributed by atoms with Gasteiger partial charge in [0, 0.05) is 13.1 Å². The summed E-state index contributed by atoms with van der Waals surface area (Å²) in [6.45, 7) is 3.30. The highest BCUT2D eigenvalue weighted by Crippen LogP contribution is 2.35. The van der Waals surface area contributed by atoms with E-state index in [0.717, 1.165) is 31.8 Å². The highest BCUT2D eigenvalue weighted by molar-refractivity contribution is 6.37. The fourth-order valence-electron chi connectivity index (χ4n) is 3.90. The lowest BCUT2D eigenvalue weighted by atomic mass is 9.87. The number of hydrogen-bond donors (Lipinski definition) is 0. The van der Waals surface area contributed by atoms with Gasteiger partial charge in [-0.15, -0.1) is 0 Å². The van der Waals surface area contributed by atoms with Crippen molar-refractivity contribution in [3.8, 4) is 5.75 Å². The minimum absolute atomic E-state index is 0.108. The van der Waals surface area contributed by atoms with E-state index in [9.17, 15) is 4.39 Å². The van der Waals surface area contributed by atoms with Crippen molar-refractivity contribution in [2.24, 2.45) is 5.92 Å². The summed E-state index contributed by atoms with van der Waals surface area (Å²) in [4.78, 5) is 2.54.